The Morgan fingerprint density at radius 2 is 2.07 bits per heavy atom. The molecule has 0 spiro atoms. The van der Waals surface area contributed by atoms with E-state index in [-0.39, 0.29) is 13.2 Å². The van der Waals surface area contributed by atoms with E-state index in [1.54, 1.807) is 11.8 Å². The topological polar surface area (TPSA) is 40.5 Å². The van der Waals surface area contributed by atoms with Gasteiger partial charge in [-0.05, 0) is 24.1 Å². The van der Waals surface area contributed by atoms with Gasteiger partial charge in [0.15, 0.2) is 0 Å². The highest BCUT2D eigenvalue weighted by atomic mass is 35.5. The fourth-order valence-corrected chi connectivity index (χ4v) is 2.18. The highest BCUT2D eigenvalue weighted by molar-refractivity contribution is 7.99. The average Bonchev–Trinajstić information content (AvgIpc) is 2.18. The Labute approximate surface area is 92.9 Å². The summed E-state index contributed by atoms with van der Waals surface area (Å²) in [6, 6.07) is 5.60. The fourth-order valence-electron chi connectivity index (χ4n) is 1.00. The van der Waals surface area contributed by atoms with Gasteiger partial charge in [-0.2, -0.15) is 0 Å². The quantitative estimate of drug-likeness (QED) is 0.605. The molecule has 0 aliphatic heterocycles. The van der Waals surface area contributed by atoms with E-state index in [2.05, 4.69) is 0 Å². The van der Waals surface area contributed by atoms with Gasteiger partial charge in [0.2, 0.25) is 0 Å². The molecule has 0 aliphatic carbocycles. The van der Waals surface area contributed by atoms with E-state index in [0.29, 0.717) is 5.02 Å². The van der Waals surface area contributed by atoms with Crippen molar-refractivity contribution < 1.29 is 10.2 Å². The summed E-state index contributed by atoms with van der Waals surface area (Å²) < 4.78 is 0. The maximum absolute atomic E-state index is 8.90. The lowest BCUT2D eigenvalue weighted by Gasteiger charge is -2.04. The van der Waals surface area contributed by atoms with Crippen molar-refractivity contribution in [3.05, 3.63) is 28.8 Å². The van der Waals surface area contributed by atoms with Gasteiger partial charge in [0.05, 0.1) is 6.61 Å². The van der Waals surface area contributed by atoms with Crippen LogP contribution in [0, 0.1) is 0 Å². The number of thioether (sulfide) groups is 1. The summed E-state index contributed by atoms with van der Waals surface area (Å²) in [6.07, 6.45) is 0.782. The number of aliphatic hydroxyl groups is 2. The lowest BCUT2D eigenvalue weighted by atomic mass is 10.2. The Bertz CT molecular complexity index is 291. The van der Waals surface area contributed by atoms with Gasteiger partial charge in [0.25, 0.3) is 0 Å². The molecule has 0 fully saturated rings. The SMILES string of the molecule is OCCCSc1ccc(CO)c(Cl)c1. The molecule has 1 rings (SSSR count). The number of aliphatic hydroxyl groups excluding tert-OH is 2. The maximum atomic E-state index is 8.90. The normalized spacial score (nSPS) is 10.5. The first-order chi connectivity index (χ1) is 6.77. The van der Waals surface area contributed by atoms with Crippen LogP contribution in [0.2, 0.25) is 5.02 Å². The Balaban J connectivity index is 2.57. The first kappa shape index (κ1) is 11.9. The fraction of sp³-hybridized carbons (Fsp3) is 0.400. The van der Waals surface area contributed by atoms with Gasteiger partial charge in [-0.3, -0.25) is 0 Å². The van der Waals surface area contributed by atoms with Crippen molar-refractivity contribution in [2.24, 2.45) is 0 Å². The molecule has 0 radical (unpaired) electrons. The van der Waals surface area contributed by atoms with Crippen LogP contribution in [0.3, 0.4) is 0 Å². The molecule has 1 aromatic rings. The summed E-state index contributed by atoms with van der Waals surface area (Å²) in [5.41, 5.74) is 0.748. The largest absolute Gasteiger partial charge is 0.396 e. The molecule has 2 N–H and O–H groups in total. The van der Waals surface area contributed by atoms with E-state index in [9.17, 15) is 0 Å². The van der Waals surface area contributed by atoms with Gasteiger partial charge in [-0.25, -0.2) is 0 Å². The smallest absolute Gasteiger partial charge is 0.0696 e. The van der Waals surface area contributed by atoms with Crippen LogP contribution in [-0.2, 0) is 6.61 Å². The molecule has 0 amide bonds. The van der Waals surface area contributed by atoms with Crippen molar-refractivity contribution in [3.63, 3.8) is 0 Å². The van der Waals surface area contributed by atoms with Crippen LogP contribution in [0.4, 0.5) is 0 Å². The van der Waals surface area contributed by atoms with E-state index < -0.39 is 0 Å². The summed E-state index contributed by atoms with van der Waals surface area (Å²) >= 11 is 7.57. The van der Waals surface area contributed by atoms with Crippen LogP contribution in [0.5, 0.6) is 0 Å². The molecular formula is C10H13ClO2S. The van der Waals surface area contributed by atoms with Gasteiger partial charge >= 0.3 is 0 Å². The Morgan fingerprint density at radius 1 is 1.29 bits per heavy atom. The van der Waals surface area contributed by atoms with Crippen LogP contribution < -0.4 is 0 Å². The van der Waals surface area contributed by atoms with Gasteiger partial charge in [0.1, 0.15) is 0 Å². The number of benzene rings is 1. The highest BCUT2D eigenvalue weighted by Gasteiger charge is 2.00. The molecule has 0 unspecified atom stereocenters. The van der Waals surface area contributed by atoms with Crippen molar-refractivity contribution >= 4 is 23.4 Å². The maximum Gasteiger partial charge on any atom is 0.0696 e. The third-order valence-electron chi connectivity index (χ3n) is 1.77. The van der Waals surface area contributed by atoms with Crippen LogP contribution in [0.15, 0.2) is 23.1 Å². The molecule has 0 aliphatic rings. The van der Waals surface area contributed by atoms with Crippen LogP contribution in [-0.4, -0.2) is 22.6 Å². The Hall–Kier alpha value is -0.220. The second kappa shape index (κ2) is 6.30. The minimum Gasteiger partial charge on any atom is -0.396 e. The van der Waals surface area contributed by atoms with E-state index >= 15 is 0 Å². The molecule has 14 heavy (non-hydrogen) atoms. The second-order valence-corrected chi connectivity index (χ2v) is 4.41. The monoisotopic (exact) mass is 232 g/mol. The summed E-state index contributed by atoms with van der Waals surface area (Å²) in [6.45, 7) is 0.190. The second-order valence-electron chi connectivity index (χ2n) is 2.84. The molecule has 0 saturated carbocycles. The standard InChI is InChI=1S/C10H13ClO2S/c11-10-6-9(14-5-1-4-12)3-2-8(10)7-13/h2-3,6,12-13H,1,4-5,7H2. The van der Waals surface area contributed by atoms with Crippen LogP contribution >= 0.6 is 23.4 Å². The number of hydrogen-bond donors (Lipinski definition) is 2. The highest BCUT2D eigenvalue weighted by Crippen LogP contribution is 2.25. The molecule has 0 aromatic heterocycles. The predicted octanol–water partition coefficient (Wildman–Crippen LogP) is 2.31. The lowest BCUT2D eigenvalue weighted by molar-refractivity contribution is 0.282. The number of hydrogen-bond acceptors (Lipinski definition) is 3. The van der Waals surface area contributed by atoms with Gasteiger partial charge < -0.3 is 10.2 Å². The van der Waals surface area contributed by atoms with E-state index in [4.69, 9.17) is 21.8 Å². The number of halogens is 1. The van der Waals surface area contributed by atoms with Crippen molar-refractivity contribution in [3.8, 4) is 0 Å². The number of rotatable bonds is 5. The van der Waals surface area contributed by atoms with Crippen molar-refractivity contribution in [1.29, 1.82) is 0 Å². The zero-order valence-electron chi connectivity index (χ0n) is 7.74. The third kappa shape index (κ3) is 3.50. The predicted molar refractivity (Wildman–Crippen MR) is 59.8 cm³/mol. The third-order valence-corrected chi connectivity index (χ3v) is 3.20. The zero-order chi connectivity index (χ0) is 10.4. The molecule has 0 heterocycles. The van der Waals surface area contributed by atoms with Gasteiger partial charge in [0, 0.05) is 22.3 Å². The zero-order valence-corrected chi connectivity index (χ0v) is 9.31. The Morgan fingerprint density at radius 3 is 2.64 bits per heavy atom. The van der Waals surface area contributed by atoms with Crippen molar-refractivity contribution in [2.75, 3.05) is 12.4 Å². The summed E-state index contributed by atoms with van der Waals surface area (Å²) in [5, 5.41) is 18.1. The van der Waals surface area contributed by atoms with Crippen molar-refractivity contribution in [1.82, 2.24) is 0 Å². The van der Waals surface area contributed by atoms with Crippen LogP contribution in [0.25, 0.3) is 0 Å². The summed E-state index contributed by atoms with van der Waals surface area (Å²) in [4.78, 5) is 1.07. The molecule has 0 bridgehead atoms. The van der Waals surface area contributed by atoms with Crippen LogP contribution in [0.1, 0.15) is 12.0 Å². The van der Waals surface area contributed by atoms with Crippen molar-refractivity contribution in [2.45, 2.75) is 17.9 Å². The molecule has 1 aromatic carbocycles. The molecule has 0 atom stereocenters. The molecule has 4 heteroatoms. The van der Waals surface area contributed by atoms with Gasteiger partial charge in [-0.15, -0.1) is 11.8 Å². The first-order valence-corrected chi connectivity index (χ1v) is 5.77. The van der Waals surface area contributed by atoms with E-state index in [0.717, 1.165) is 22.6 Å². The summed E-state index contributed by atoms with van der Waals surface area (Å²) in [5.74, 6) is 0.880. The van der Waals surface area contributed by atoms with E-state index in [1.165, 1.54) is 0 Å². The molecule has 2 nitrogen and oxygen atoms in total. The minimum absolute atomic E-state index is 0.0274. The van der Waals surface area contributed by atoms with Gasteiger partial charge in [-0.1, -0.05) is 17.7 Å². The molecule has 0 saturated heterocycles. The first-order valence-electron chi connectivity index (χ1n) is 4.41. The minimum atomic E-state index is -0.0274. The Kier molecular flexibility index (Phi) is 5.33. The summed E-state index contributed by atoms with van der Waals surface area (Å²) in [7, 11) is 0. The molecular weight excluding hydrogens is 220 g/mol. The molecule has 78 valence electrons. The average molecular weight is 233 g/mol. The van der Waals surface area contributed by atoms with E-state index in [1.807, 2.05) is 18.2 Å². The lowest BCUT2D eigenvalue weighted by Crippen LogP contribution is -1.87.